The molecule has 0 aromatic heterocycles. The molecule has 0 saturated carbocycles. The first kappa shape index (κ1) is 18.6. The van der Waals surface area contributed by atoms with E-state index in [1.165, 1.54) is 56.0 Å². The molecule has 2 aromatic rings. The molecule has 1 heterocycles. The molecular formula is C21H22N2O4. The van der Waals surface area contributed by atoms with Crippen molar-refractivity contribution >= 4 is 23.2 Å². The SMILES string of the molecule is O=C(/C=C/c1ccc(O)c([N+](=O)[O-])c1)c1ccc(N2CCCCCC2)cc1. The summed E-state index contributed by atoms with van der Waals surface area (Å²) < 4.78 is 0. The highest BCUT2D eigenvalue weighted by Crippen LogP contribution is 2.27. The van der Waals surface area contributed by atoms with Crippen LogP contribution in [0.3, 0.4) is 0 Å². The summed E-state index contributed by atoms with van der Waals surface area (Å²) in [6, 6.07) is 11.6. The summed E-state index contributed by atoms with van der Waals surface area (Å²) in [6.45, 7) is 2.10. The van der Waals surface area contributed by atoms with Gasteiger partial charge in [0.05, 0.1) is 4.92 Å². The lowest BCUT2D eigenvalue weighted by molar-refractivity contribution is -0.385. The third-order valence-corrected chi connectivity index (χ3v) is 4.75. The highest BCUT2D eigenvalue weighted by molar-refractivity contribution is 6.07. The van der Waals surface area contributed by atoms with Crippen LogP contribution in [0.1, 0.15) is 41.6 Å². The van der Waals surface area contributed by atoms with E-state index < -0.39 is 10.7 Å². The minimum Gasteiger partial charge on any atom is -0.502 e. The monoisotopic (exact) mass is 366 g/mol. The molecule has 2 aromatic carbocycles. The van der Waals surface area contributed by atoms with Gasteiger partial charge in [-0.15, -0.1) is 0 Å². The number of allylic oxidation sites excluding steroid dienone is 1. The van der Waals surface area contributed by atoms with Crippen LogP contribution in [0, 0.1) is 10.1 Å². The number of nitrogens with zero attached hydrogens (tertiary/aromatic N) is 2. The van der Waals surface area contributed by atoms with Crippen molar-refractivity contribution in [3.8, 4) is 5.75 Å². The number of phenols is 1. The van der Waals surface area contributed by atoms with Crippen LogP contribution in [0.25, 0.3) is 6.08 Å². The molecule has 3 rings (SSSR count). The summed E-state index contributed by atoms with van der Waals surface area (Å²) in [7, 11) is 0. The Kier molecular flexibility index (Phi) is 5.86. The standard InChI is InChI=1S/C21H22N2O4/c24-20(11-5-16-6-12-21(25)19(15-16)23(26)27)17-7-9-18(10-8-17)22-13-3-1-2-4-14-22/h5-12,15,25H,1-4,13-14H2/b11-5+. The number of hydrogen-bond donors (Lipinski definition) is 1. The molecule has 0 amide bonds. The van der Waals surface area contributed by atoms with Crippen LogP contribution in [-0.2, 0) is 0 Å². The van der Waals surface area contributed by atoms with Gasteiger partial charge in [0.1, 0.15) is 0 Å². The zero-order chi connectivity index (χ0) is 19.2. The number of benzene rings is 2. The van der Waals surface area contributed by atoms with Crippen molar-refractivity contribution in [3.63, 3.8) is 0 Å². The van der Waals surface area contributed by atoms with Crippen LogP contribution < -0.4 is 4.90 Å². The van der Waals surface area contributed by atoms with Gasteiger partial charge < -0.3 is 10.0 Å². The molecule has 0 spiro atoms. The molecule has 1 aliphatic rings. The highest BCUT2D eigenvalue weighted by atomic mass is 16.6. The summed E-state index contributed by atoms with van der Waals surface area (Å²) in [5.41, 5.74) is 1.80. The van der Waals surface area contributed by atoms with Crippen molar-refractivity contribution in [2.75, 3.05) is 18.0 Å². The predicted octanol–water partition coefficient (Wildman–Crippen LogP) is 4.58. The number of carbonyl (C=O) groups excluding carboxylic acids is 1. The predicted molar refractivity (Wildman–Crippen MR) is 105 cm³/mol. The van der Waals surface area contributed by atoms with Crippen molar-refractivity contribution in [1.29, 1.82) is 0 Å². The van der Waals surface area contributed by atoms with E-state index in [2.05, 4.69) is 4.90 Å². The number of carbonyl (C=O) groups is 1. The average Bonchev–Trinajstić information content (AvgIpc) is 2.96. The Labute approximate surface area is 157 Å². The first-order chi connectivity index (χ1) is 13.0. The van der Waals surface area contributed by atoms with Gasteiger partial charge in [-0.25, -0.2) is 0 Å². The molecule has 140 valence electrons. The van der Waals surface area contributed by atoms with Crippen LogP contribution in [0.5, 0.6) is 5.75 Å². The number of hydrogen-bond acceptors (Lipinski definition) is 5. The second-order valence-electron chi connectivity index (χ2n) is 6.65. The zero-order valence-electron chi connectivity index (χ0n) is 15.0. The summed E-state index contributed by atoms with van der Waals surface area (Å²) in [4.78, 5) is 24.9. The smallest absolute Gasteiger partial charge is 0.311 e. The first-order valence-corrected chi connectivity index (χ1v) is 9.09. The van der Waals surface area contributed by atoms with Gasteiger partial charge in [0.2, 0.25) is 0 Å². The molecule has 1 aliphatic heterocycles. The number of phenolic OH excluding ortho intramolecular Hbond substituents is 1. The van der Waals surface area contributed by atoms with Gasteiger partial charge in [0.25, 0.3) is 0 Å². The van der Waals surface area contributed by atoms with Crippen LogP contribution in [0.4, 0.5) is 11.4 Å². The molecule has 0 radical (unpaired) electrons. The van der Waals surface area contributed by atoms with Crippen molar-refractivity contribution in [2.45, 2.75) is 25.7 Å². The lowest BCUT2D eigenvalue weighted by Crippen LogP contribution is -2.23. The number of nitro benzene ring substituents is 1. The summed E-state index contributed by atoms with van der Waals surface area (Å²) in [5.74, 6) is -0.569. The fourth-order valence-corrected chi connectivity index (χ4v) is 3.22. The molecule has 27 heavy (non-hydrogen) atoms. The molecular weight excluding hydrogens is 344 g/mol. The Balaban J connectivity index is 1.70. The van der Waals surface area contributed by atoms with E-state index in [0.29, 0.717) is 11.1 Å². The van der Waals surface area contributed by atoms with Crippen molar-refractivity contribution in [2.24, 2.45) is 0 Å². The summed E-state index contributed by atoms with van der Waals surface area (Å²) in [6.07, 6.45) is 7.83. The van der Waals surface area contributed by atoms with Gasteiger partial charge in [-0.2, -0.15) is 0 Å². The van der Waals surface area contributed by atoms with Crippen LogP contribution in [0.2, 0.25) is 0 Å². The zero-order valence-corrected chi connectivity index (χ0v) is 15.0. The summed E-state index contributed by atoms with van der Waals surface area (Å²) in [5, 5.41) is 20.3. The van der Waals surface area contributed by atoms with E-state index in [-0.39, 0.29) is 11.5 Å². The third-order valence-electron chi connectivity index (χ3n) is 4.75. The maximum absolute atomic E-state index is 12.4. The van der Waals surface area contributed by atoms with Gasteiger partial charge >= 0.3 is 5.69 Å². The molecule has 0 atom stereocenters. The van der Waals surface area contributed by atoms with Crippen LogP contribution in [-0.4, -0.2) is 28.9 Å². The maximum atomic E-state index is 12.4. The fourth-order valence-electron chi connectivity index (χ4n) is 3.22. The Morgan fingerprint density at radius 2 is 1.70 bits per heavy atom. The third kappa shape index (κ3) is 4.73. The van der Waals surface area contributed by atoms with Gasteiger partial charge in [-0.3, -0.25) is 14.9 Å². The van der Waals surface area contributed by atoms with E-state index in [4.69, 9.17) is 0 Å². The Bertz CT molecular complexity index is 851. The highest BCUT2D eigenvalue weighted by Gasteiger charge is 2.13. The first-order valence-electron chi connectivity index (χ1n) is 9.09. The number of anilines is 1. The number of aromatic hydroxyl groups is 1. The number of rotatable bonds is 5. The average molecular weight is 366 g/mol. The molecule has 0 aliphatic carbocycles. The van der Waals surface area contributed by atoms with Gasteiger partial charge in [0.15, 0.2) is 11.5 Å². The van der Waals surface area contributed by atoms with E-state index in [1.807, 2.05) is 24.3 Å². The molecule has 0 unspecified atom stereocenters. The van der Waals surface area contributed by atoms with Gasteiger partial charge in [0, 0.05) is 30.4 Å². The Morgan fingerprint density at radius 3 is 2.33 bits per heavy atom. The number of ketones is 1. The van der Waals surface area contributed by atoms with E-state index in [1.54, 1.807) is 0 Å². The number of nitro groups is 1. The molecule has 1 saturated heterocycles. The Morgan fingerprint density at radius 1 is 1.04 bits per heavy atom. The van der Waals surface area contributed by atoms with E-state index >= 15 is 0 Å². The second-order valence-corrected chi connectivity index (χ2v) is 6.65. The van der Waals surface area contributed by atoms with Gasteiger partial charge in [-0.05, 0) is 54.8 Å². The lowest BCUT2D eigenvalue weighted by atomic mass is 10.1. The van der Waals surface area contributed by atoms with Crippen molar-refractivity contribution in [3.05, 3.63) is 69.8 Å². The molecule has 6 nitrogen and oxygen atoms in total. The van der Waals surface area contributed by atoms with Gasteiger partial charge in [-0.1, -0.05) is 25.0 Å². The van der Waals surface area contributed by atoms with E-state index in [9.17, 15) is 20.0 Å². The molecule has 6 heteroatoms. The minimum atomic E-state index is -0.657. The normalized spacial score (nSPS) is 14.9. The minimum absolute atomic E-state index is 0.173. The topological polar surface area (TPSA) is 83.7 Å². The van der Waals surface area contributed by atoms with Crippen molar-refractivity contribution in [1.82, 2.24) is 0 Å². The van der Waals surface area contributed by atoms with Crippen LogP contribution in [0.15, 0.2) is 48.5 Å². The fraction of sp³-hybridized carbons (Fsp3) is 0.286. The van der Waals surface area contributed by atoms with Crippen LogP contribution >= 0.6 is 0 Å². The second kappa shape index (κ2) is 8.49. The molecule has 0 bridgehead atoms. The summed E-state index contributed by atoms with van der Waals surface area (Å²) >= 11 is 0. The largest absolute Gasteiger partial charge is 0.502 e. The quantitative estimate of drug-likeness (QED) is 0.362. The molecule has 1 fully saturated rings. The molecule has 1 N–H and O–H groups in total. The van der Waals surface area contributed by atoms with Crippen molar-refractivity contribution < 1.29 is 14.8 Å². The lowest BCUT2D eigenvalue weighted by Gasteiger charge is -2.22. The Hall–Kier alpha value is -3.15. The maximum Gasteiger partial charge on any atom is 0.311 e. The van der Waals surface area contributed by atoms with E-state index in [0.717, 1.165) is 18.8 Å².